The molecule has 1 rings (SSSR count). The molecule has 1 aliphatic rings. The number of amides is 1. The summed E-state index contributed by atoms with van der Waals surface area (Å²) in [5, 5.41) is 3.11. The normalized spacial score (nSPS) is 26.4. The molecule has 0 spiro atoms. The van der Waals surface area contributed by atoms with Gasteiger partial charge in [-0.3, -0.25) is 0 Å². The first-order valence-corrected chi connectivity index (χ1v) is 5.58. The molecule has 0 aromatic carbocycles. The fourth-order valence-electron chi connectivity index (χ4n) is 1.78. The van der Waals surface area contributed by atoms with Gasteiger partial charge in [0.05, 0.1) is 6.54 Å². The number of piperidine rings is 1. The molecule has 5 heteroatoms. The molecule has 16 heavy (non-hydrogen) atoms. The maximum atomic E-state index is 11.8. The average molecular weight is 228 g/mol. The third kappa shape index (κ3) is 3.47. The van der Waals surface area contributed by atoms with E-state index in [2.05, 4.69) is 5.18 Å². The number of nitroso groups, excluding NO2 is 1. The Bertz CT molecular complexity index is 285. The van der Waals surface area contributed by atoms with Gasteiger partial charge < -0.3 is 9.64 Å². The van der Waals surface area contributed by atoms with Crippen LogP contribution in [0.5, 0.6) is 0 Å². The van der Waals surface area contributed by atoms with Crippen LogP contribution in [0.1, 0.15) is 40.5 Å². The van der Waals surface area contributed by atoms with Crippen molar-refractivity contribution in [3.63, 3.8) is 0 Å². The molecule has 0 aromatic rings. The van der Waals surface area contributed by atoms with E-state index in [0.717, 1.165) is 12.8 Å². The predicted molar refractivity (Wildman–Crippen MR) is 61.2 cm³/mol. The lowest BCUT2D eigenvalue weighted by Gasteiger charge is -2.36. The monoisotopic (exact) mass is 228 g/mol. The summed E-state index contributed by atoms with van der Waals surface area (Å²) in [6.07, 6.45) is 1.17. The minimum atomic E-state index is -0.658. The molecule has 1 fully saturated rings. The summed E-state index contributed by atoms with van der Waals surface area (Å²) in [6.45, 7) is 8.24. The van der Waals surface area contributed by atoms with Crippen LogP contribution in [0.4, 0.5) is 4.79 Å². The van der Waals surface area contributed by atoms with Gasteiger partial charge in [0.1, 0.15) is 11.1 Å². The summed E-state index contributed by atoms with van der Waals surface area (Å²) in [5.41, 5.74) is -1.16. The molecule has 0 radical (unpaired) electrons. The molecule has 1 amide bonds. The molecule has 1 unspecified atom stereocenters. The van der Waals surface area contributed by atoms with Gasteiger partial charge in [0, 0.05) is 6.54 Å². The minimum Gasteiger partial charge on any atom is -0.444 e. The van der Waals surface area contributed by atoms with E-state index in [1.165, 1.54) is 0 Å². The highest BCUT2D eigenvalue weighted by atomic mass is 16.6. The molecule has 92 valence electrons. The van der Waals surface area contributed by atoms with E-state index in [0.29, 0.717) is 13.1 Å². The van der Waals surface area contributed by atoms with E-state index >= 15 is 0 Å². The van der Waals surface area contributed by atoms with Gasteiger partial charge in [0.15, 0.2) is 0 Å². The lowest BCUT2D eigenvalue weighted by atomic mass is 9.92. The van der Waals surface area contributed by atoms with E-state index in [-0.39, 0.29) is 6.09 Å². The molecule has 0 bridgehead atoms. The topological polar surface area (TPSA) is 59.0 Å². The molecular formula is C11H20N2O3. The van der Waals surface area contributed by atoms with Gasteiger partial charge in [-0.2, -0.15) is 4.91 Å². The van der Waals surface area contributed by atoms with Crippen LogP contribution < -0.4 is 0 Å². The van der Waals surface area contributed by atoms with Crippen LogP contribution >= 0.6 is 0 Å². The Labute approximate surface area is 96.1 Å². The zero-order valence-electron chi connectivity index (χ0n) is 10.4. The second kappa shape index (κ2) is 4.39. The Kier molecular flexibility index (Phi) is 3.55. The third-order valence-corrected chi connectivity index (χ3v) is 2.55. The standard InChI is InChI=1S/C11H20N2O3/c1-10(2,3)16-9(14)13-7-5-6-11(4,8-13)12-15/h5-8H2,1-4H3. The maximum Gasteiger partial charge on any atom is 0.410 e. The van der Waals surface area contributed by atoms with Crippen molar-refractivity contribution in [2.75, 3.05) is 13.1 Å². The molecule has 1 saturated heterocycles. The molecule has 0 N–H and O–H groups in total. The fourth-order valence-corrected chi connectivity index (χ4v) is 1.78. The highest BCUT2D eigenvalue weighted by molar-refractivity contribution is 5.68. The number of carbonyl (C=O) groups is 1. The van der Waals surface area contributed by atoms with Crippen molar-refractivity contribution in [1.29, 1.82) is 0 Å². The first-order valence-electron chi connectivity index (χ1n) is 5.58. The van der Waals surface area contributed by atoms with Gasteiger partial charge in [-0.25, -0.2) is 4.79 Å². The number of carbonyl (C=O) groups excluding carboxylic acids is 1. The Morgan fingerprint density at radius 1 is 1.44 bits per heavy atom. The third-order valence-electron chi connectivity index (χ3n) is 2.55. The highest BCUT2D eigenvalue weighted by Gasteiger charge is 2.35. The maximum absolute atomic E-state index is 11.8. The highest BCUT2D eigenvalue weighted by Crippen LogP contribution is 2.25. The number of ether oxygens (including phenoxy) is 1. The van der Waals surface area contributed by atoms with Crippen molar-refractivity contribution < 1.29 is 9.53 Å². The van der Waals surface area contributed by atoms with Crippen molar-refractivity contribution >= 4 is 6.09 Å². The lowest BCUT2D eigenvalue weighted by Crippen LogP contribution is -2.49. The van der Waals surface area contributed by atoms with E-state index in [1.807, 2.05) is 20.8 Å². The van der Waals surface area contributed by atoms with Crippen molar-refractivity contribution in [1.82, 2.24) is 4.90 Å². The Balaban J connectivity index is 2.61. The number of hydrogen-bond acceptors (Lipinski definition) is 4. The summed E-state index contributed by atoms with van der Waals surface area (Å²) in [4.78, 5) is 24.0. The summed E-state index contributed by atoms with van der Waals surface area (Å²) in [7, 11) is 0. The van der Waals surface area contributed by atoms with Gasteiger partial charge in [-0.1, -0.05) is 5.18 Å². The van der Waals surface area contributed by atoms with Crippen molar-refractivity contribution in [3.05, 3.63) is 4.91 Å². The first-order chi connectivity index (χ1) is 7.26. The average Bonchev–Trinajstić information content (AvgIpc) is 2.15. The number of likely N-dealkylation sites (tertiary alicyclic amines) is 1. The van der Waals surface area contributed by atoms with E-state index in [9.17, 15) is 9.70 Å². The summed E-state index contributed by atoms with van der Waals surface area (Å²) in [5.74, 6) is 0. The van der Waals surface area contributed by atoms with Crippen LogP contribution in [0.2, 0.25) is 0 Å². The van der Waals surface area contributed by atoms with Crippen LogP contribution in [0.3, 0.4) is 0 Å². The largest absolute Gasteiger partial charge is 0.444 e. The van der Waals surface area contributed by atoms with Crippen LogP contribution in [0, 0.1) is 4.91 Å². The second-order valence-electron chi connectivity index (χ2n) is 5.59. The van der Waals surface area contributed by atoms with Crippen molar-refractivity contribution in [2.45, 2.75) is 51.7 Å². The molecule has 1 aliphatic heterocycles. The molecule has 1 atom stereocenters. The summed E-state index contributed by atoms with van der Waals surface area (Å²) < 4.78 is 5.26. The SMILES string of the molecule is CC1(N=O)CCCN(C(=O)OC(C)(C)C)C1. The van der Waals surface area contributed by atoms with Gasteiger partial charge in [0.25, 0.3) is 0 Å². The molecule has 0 aromatic heterocycles. The summed E-state index contributed by atoms with van der Waals surface area (Å²) in [6, 6.07) is 0. The molecular weight excluding hydrogens is 208 g/mol. The van der Waals surface area contributed by atoms with E-state index in [4.69, 9.17) is 4.74 Å². The quantitative estimate of drug-likeness (QED) is 0.648. The second-order valence-corrected chi connectivity index (χ2v) is 5.59. The Morgan fingerprint density at radius 3 is 2.56 bits per heavy atom. The minimum absolute atomic E-state index is 0.353. The smallest absolute Gasteiger partial charge is 0.410 e. The van der Waals surface area contributed by atoms with Gasteiger partial charge >= 0.3 is 6.09 Å². The molecule has 5 nitrogen and oxygen atoms in total. The molecule has 1 heterocycles. The molecule has 0 aliphatic carbocycles. The van der Waals surface area contributed by atoms with E-state index < -0.39 is 11.1 Å². The van der Waals surface area contributed by atoms with Gasteiger partial charge in [-0.05, 0) is 40.5 Å². The first kappa shape index (κ1) is 12.9. The van der Waals surface area contributed by atoms with Crippen molar-refractivity contribution in [3.8, 4) is 0 Å². The zero-order chi connectivity index (χ0) is 12.4. The Hall–Kier alpha value is -1.13. The van der Waals surface area contributed by atoms with E-state index in [1.54, 1.807) is 11.8 Å². The van der Waals surface area contributed by atoms with Crippen molar-refractivity contribution in [2.24, 2.45) is 5.18 Å². The number of nitrogens with zero attached hydrogens (tertiary/aromatic N) is 2. The summed E-state index contributed by atoms with van der Waals surface area (Å²) >= 11 is 0. The molecule has 0 saturated carbocycles. The predicted octanol–water partition coefficient (Wildman–Crippen LogP) is 2.54. The Morgan fingerprint density at radius 2 is 2.06 bits per heavy atom. The van der Waals surface area contributed by atoms with Gasteiger partial charge in [0.2, 0.25) is 0 Å². The van der Waals surface area contributed by atoms with Crippen LogP contribution in [-0.4, -0.2) is 35.2 Å². The number of hydrogen-bond donors (Lipinski definition) is 0. The number of rotatable bonds is 1. The fraction of sp³-hybridized carbons (Fsp3) is 0.909. The lowest BCUT2D eigenvalue weighted by molar-refractivity contribution is 0.0153. The van der Waals surface area contributed by atoms with Crippen LogP contribution in [-0.2, 0) is 4.74 Å². The zero-order valence-corrected chi connectivity index (χ0v) is 10.4. The van der Waals surface area contributed by atoms with Crippen LogP contribution in [0.15, 0.2) is 5.18 Å². The van der Waals surface area contributed by atoms with Crippen LogP contribution in [0.25, 0.3) is 0 Å². The van der Waals surface area contributed by atoms with Gasteiger partial charge in [-0.15, -0.1) is 0 Å².